The third kappa shape index (κ3) is 1.62. The predicted molar refractivity (Wildman–Crippen MR) is 52.2 cm³/mol. The molecule has 0 aliphatic heterocycles. The van der Waals surface area contributed by atoms with Gasteiger partial charge < -0.3 is 4.52 Å². The molecule has 0 aliphatic carbocycles. The lowest BCUT2D eigenvalue weighted by Gasteiger charge is -1.95. The number of aromatic nitrogens is 2. The summed E-state index contributed by atoms with van der Waals surface area (Å²) < 4.78 is 5.86. The van der Waals surface area contributed by atoms with Gasteiger partial charge in [0.2, 0.25) is 11.7 Å². The van der Waals surface area contributed by atoms with E-state index >= 15 is 0 Å². The molecule has 0 bridgehead atoms. The van der Waals surface area contributed by atoms with Crippen molar-refractivity contribution in [2.45, 2.75) is 6.92 Å². The molecule has 1 heterocycles. The van der Waals surface area contributed by atoms with Gasteiger partial charge in [-0.05, 0) is 12.1 Å². The highest BCUT2D eigenvalue weighted by atomic mass is 79.9. The van der Waals surface area contributed by atoms with Crippen LogP contribution in [0.3, 0.4) is 0 Å². The number of rotatable bonds is 1. The zero-order valence-electron chi connectivity index (χ0n) is 6.99. The highest BCUT2D eigenvalue weighted by Gasteiger charge is 2.07. The average Bonchev–Trinajstić information content (AvgIpc) is 2.53. The van der Waals surface area contributed by atoms with Gasteiger partial charge in [-0.25, -0.2) is 0 Å². The molecule has 0 fully saturated rings. The van der Waals surface area contributed by atoms with Crippen LogP contribution >= 0.6 is 15.9 Å². The number of aryl methyl sites for hydroxylation is 1. The van der Waals surface area contributed by atoms with E-state index < -0.39 is 0 Å². The minimum atomic E-state index is 0.575. The number of hydrogen-bond donors (Lipinski definition) is 0. The average molecular weight is 239 g/mol. The first kappa shape index (κ1) is 8.44. The van der Waals surface area contributed by atoms with Crippen molar-refractivity contribution in [2.24, 2.45) is 0 Å². The second kappa shape index (κ2) is 3.30. The lowest BCUT2D eigenvalue weighted by Crippen LogP contribution is -1.81. The summed E-state index contributed by atoms with van der Waals surface area (Å²) >= 11 is 3.42. The smallest absolute Gasteiger partial charge is 0.223 e. The summed E-state index contributed by atoms with van der Waals surface area (Å²) in [7, 11) is 0. The first-order valence-electron chi connectivity index (χ1n) is 3.82. The van der Waals surface area contributed by atoms with Gasteiger partial charge in [-0.2, -0.15) is 4.98 Å². The minimum Gasteiger partial charge on any atom is -0.339 e. The van der Waals surface area contributed by atoms with E-state index in [1.54, 1.807) is 6.92 Å². The SMILES string of the molecule is Cc1nc(-c2ccccc2Br)no1. The molecule has 0 amide bonds. The first-order chi connectivity index (χ1) is 6.27. The molecule has 2 rings (SSSR count). The van der Waals surface area contributed by atoms with Crippen molar-refractivity contribution in [1.82, 2.24) is 10.1 Å². The normalized spacial score (nSPS) is 10.3. The van der Waals surface area contributed by atoms with Gasteiger partial charge in [-0.15, -0.1) is 0 Å². The molecule has 4 heteroatoms. The van der Waals surface area contributed by atoms with E-state index in [4.69, 9.17) is 4.52 Å². The summed E-state index contributed by atoms with van der Waals surface area (Å²) in [6.07, 6.45) is 0. The molecule has 13 heavy (non-hydrogen) atoms. The lowest BCUT2D eigenvalue weighted by atomic mass is 10.2. The molecule has 0 atom stereocenters. The molecule has 0 N–H and O–H groups in total. The first-order valence-corrected chi connectivity index (χ1v) is 4.62. The standard InChI is InChI=1S/C9H7BrN2O/c1-6-11-9(12-13-6)7-4-2-3-5-8(7)10/h2-5H,1H3. The third-order valence-electron chi connectivity index (χ3n) is 1.64. The van der Waals surface area contributed by atoms with Gasteiger partial charge in [-0.1, -0.05) is 33.2 Å². The van der Waals surface area contributed by atoms with Gasteiger partial charge >= 0.3 is 0 Å². The molecule has 1 aromatic carbocycles. The number of nitrogens with zero attached hydrogens (tertiary/aromatic N) is 2. The monoisotopic (exact) mass is 238 g/mol. The van der Waals surface area contributed by atoms with Gasteiger partial charge in [0.15, 0.2) is 0 Å². The van der Waals surface area contributed by atoms with Crippen LogP contribution in [0.5, 0.6) is 0 Å². The fourth-order valence-electron chi connectivity index (χ4n) is 1.05. The van der Waals surface area contributed by atoms with Crippen molar-refractivity contribution < 1.29 is 4.52 Å². The lowest BCUT2D eigenvalue weighted by molar-refractivity contribution is 0.394. The molecule has 0 saturated heterocycles. The maximum absolute atomic E-state index is 4.89. The Hall–Kier alpha value is -1.16. The molecule has 0 radical (unpaired) electrons. The van der Waals surface area contributed by atoms with E-state index in [1.807, 2.05) is 24.3 Å². The Bertz CT molecular complexity index is 425. The number of benzene rings is 1. The van der Waals surface area contributed by atoms with Gasteiger partial charge in [-0.3, -0.25) is 0 Å². The zero-order valence-corrected chi connectivity index (χ0v) is 8.58. The summed E-state index contributed by atoms with van der Waals surface area (Å²) in [5.74, 6) is 1.19. The Labute approximate surface area is 83.9 Å². The fraction of sp³-hybridized carbons (Fsp3) is 0.111. The maximum atomic E-state index is 4.89. The molecule has 0 saturated carbocycles. The van der Waals surface area contributed by atoms with Crippen LogP contribution in [0.4, 0.5) is 0 Å². The van der Waals surface area contributed by atoms with Gasteiger partial charge in [0.25, 0.3) is 0 Å². The molecular formula is C9H7BrN2O. The van der Waals surface area contributed by atoms with Crippen molar-refractivity contribution in [3.8, 4) is 11.4 Å². The minimum absolute atomic E-state index is 0.575. The van der Waals surface area contributed by atoms with Crippen LogP contribution < -0.4 is 0 Å². The van der Waals surface area contributed by atoms with Crippen LogP contribution in [0.15, 0.2) is 33.3 Å². The quantitative estimate of drug-likeness (QED) is 0.767. The van der Waals surface area contributed by atoms with Crippen LogP contribution in [0.1, 0.15) is 5.89 Å². The highest BCUT2D eigenvalue weighted by Crippen LogP contribution is 2.24. The van der Waals surface area contributed by atoms with Crippen LogP contribution in [0.2, 0.25) is 0 Å². The Morgan fingerprint density at radius 1 is 1.31 bits per heavy atom. The van der Waals surface area contributed by atoms with Crippen LogP contribution in [0, 0.1) is 6.92 Å². The van der Waals surface area contributed by atoms with Crippen LogP contribution in [-0.4, -0.2) is 10.1 Å². The number of hydrogen-bond acceptors (Lipinski definition) is 3. The predicted octanol–water partition coefficient (Wildman–Crippen LogP) is 2.81. The van der Waals surface area contributed by atoms with Crippen molar-refractivity contribution in [3.63, 3.8) is 0 Å². The van der Waals surface area contributed by atoms with E-state index in [1.165, 1.54) is 0 Å². The zero-order chi connectivity index (χ0) is 9.26. The molecule has 66 valence electrons. The Kier molecular flexibility index (Phi) is 2.14. The van der Waals surface area contributed by atoms with Gasteiger partial charge in [0.05, 0.1) is 0 Å². The van der Waals surface area contributed by atoms with Crippen LogP contribution in [-0.2, 0) is 0 Å². The second-order valence-electron chi connectivity index (χ2n) is 2.62. The highest BCUT2D eigenvalue weighted by molar-refractivity contribution is 9.10. The van der Waals surface area contributed by atoms with Crippen molar-refractivity contribution >= 4 is 15.9 Å². The van der Waals surface area contributed by atoms with E-state index in [0.717, 1.165) is 10.0 Å². The van der Waals surface area contributed by atoms with E-state index in [9.17, 15) is 0 Å². The van der Waals surface area contributed by atoms with E-state index in [-0.39, 0.29) is 0 Å². The molecule has 3 nitrogen and oxygen atoms in total. The summed E-state index contributed by atoms with van der Waals surface area (Å²) in [5, 5.41) is 3.83. The summed E-state index contributed by atoms with van der Waals surface area (Å²) in [6.45, 7) is 1.77. The summed E-state index contributed by atoms with van der Waals surface area (Å²) in [6, 6.07) is 7.77. The van der Waals surface area contributed by atoms with Crippen molar-refractivity contribution in [3.05, 3.63) is 34.6 Å². The van der Waals surface area contributed by atoms with Crippen molar-refractivity contribution in [2.75, 3.05) is 0 Å². The van der Waals surface area contributed by atoms with E-state index in [0.29, 0.717) is 11.7 Å². The van der Waals surface area contributed by atoms with Crippen LogP contribution in [0.25, 0.3) is 11.4 Å². The van der Waals surface area contributed by atoms with Gasteiger partial charge in [0.1, 0.15) is 0 Å². The fourth-order valence-corrected chi connectivity index (χ4v) is 1.51. The third-order valence-corrected chi connectivity index (χ3v) is 2.33. The molecule has 1 aromatic heterocycles. The van der Waals surface area contributed by atoms with E-state index in [2.05, 4.69) is 26.1 Å². The molecule has 0 spiro atoms. The number of halogens is 1. The molecular weight excluding hydrogens is 232 g/mol. The Morgan fingerprint density at radius 3 is 2.69 bits per heavy atom. The topological polar surface area (TPSA) is 38.9 Å². The summed E-state index contributed by atoms with van der Waals surface area (Å²) in [5.41, 5.74) is 0.944. The molecule has 2 aromatic rings. The second-order valence-corrected chi connectivity index (χ2v) is 3.47. The van der Waals surface area contributed by atoms with Crippen molar-refractivity contribution in [1.29, 1.82) is 0 Å². The molecule has 0 aliphatic rings. The van der Waals surface area contributed by atoms with Gasteiger partial charge in [0, 0.05) is 17.0 Å². The largest absolute Gasteiger partial charge is 0.339 e. The Morgan fingerprint density at radius 2 is 2.08 bits per heavy atom. The molecule has 0 unspecified atom stereocenters. The Balaban J connectivity index is 2.52. The maximum Gasteiger partial charge on any atom is 0.223 e. The summed E-state index contributed by atoms with van der Waals surface area (Å²) in [4.78, 5) is 4.13.